The van der Waals surface area contributed by atoms with Crippen LogP contribution in [-0.2, 0) is 12.5 Å². The number of rotatable bonds is 2. The fourth-order valence-electron chi connectivity index (χ4n) is 3.07. The van der Waals surface area contributed by atoms with Gasteiger partial charge in [0.25, 0.3) is 0 Å². The van der Waals surface area contributed by atoms with Crippen molar-refractivity contribution in [3.63, 3.8) is 0 Å². The number of hydrogen-bond acceptors (Lipinski definition) is 3. The number of fused-ring (bicyclic) bond motifs is 1. The van der Waals surface area contributed by atoms with Crippen molar-refractivity contribution in [2.24, 2.45) is 7.05 Å². The molecule has 4 aromatic rings. The first kappa shape index (κ1) is 15.6. The van der Waals surface area contributed by atoms with E-state index in [1.807, 2.05) is 37.5 Å². The first-order valence-corrected chi connectivity index (χ1v) is 8.42. The van der Waals surface area contributed by atoms with Gasteiger partial charge in [-0.1, -0.05) is 51.1 Å². The molecule has 0 saturated carbocycles. The van der Waals surface area contributed by atoms with Gasteiger partial charge in [-0.15, -0.1) is 10.2 Å². The fraction of sp³-hybridized carbons (Fsp3) is 0.238. The molecule has 4 rings (SSSR count). The van der Waals surface area contributed by atoms with Gasteiger partial charge in [-0.05, 0) is 29.2 Å². The average Bonchev–Trinajstić information content (AvgIpc) is 3.20. The quantitative estimate of drug-likeness (QED) is 0.507. The highest BCUT2D eigenvalue weighted by molar-refractivity contribution is 5.94. The Morgan fingerprint density at radius 3 is 2.28 bits per heavy atom. The predicted molar refractivity (Wildman–Crippen MR) is 100 cm³/mol. The van der Waals surface area contributed by atoms with E-state index in [4.69, 9.17) is 4.42 Å². The molecule has 0 saturated heterocycles. The second-order valence-corrected chi connectivity index (χ2v) is 7.41. The van der Waals surface area contributed by atoms with Crippen LogP contribution >= 0.6 is 0 Å². The molecule has 0 amide bonds. The van der Waals surface area contributed by atoms with Crippen LogP contribution in [0.25, 0.3) is 33.8 Å². The van der Waals surface area contributed by atoms with Gasteiger partial charge < -0.3 is 8.98 Å². The molecule has 0 atom stereocenters. The van der Waals surface area contributed by atoms with E-state index in [-0.39, 0.29) is 5.41 Å². The van der Waals surface area contributed by atoms with Gasteiger partial charge in [-0.2, -0.15) is 0 Å². The zero-order valence-electron chi connectivity index (χ0n) is 14.9. The lowest BCUT2D eigenvalue weighted by molar-refractivity contribution is 0.582. The Morgan fingerprint density at radius 2 is 1.56 bits per heavy atom. The molecule has 0 unspecified atom stereocenters. The molecule has 0 fully saturated rings. The minimum Gasteiger partial charge on any atom is -0.416 e. The molecule has 0 radical (unpaired) electrons. The Kier molecular flexibility index (Phi) is 3.49. The zero-order chi connectivity index (χ0) is 17.6. The Labute approximate surface area is 147 Å². The molecule has 0 aliphatic heterocycles. The van der Waals surface area contributed by atoms with Gasteiger partial charge in [-0.25, -0.2) is 0 Å². The number of benzene rings is 2. The number of hydrogen-bond donors (Lipinski definition) is 0. The maximum atomic E-state index is 5.97. The smallest absolute Gasteiger partial charge is 0.250 e. The van der Waals surface area contributed by atoms with E-state index in [1.165, 1.54) is 5.56 Å². The maximum absolute atomic E-state index is 5.97. The monoisotopic (exact) mass is 331 g/mol. The summed E-state index contributed by atoms with van der Waals surface area (Å²) in [5, 5.41) is 9.63. The second-order valence-electron chi connectivity index (χ2n) is 7.41. The Hall–Kier alpha value is -2.88. The van der Waals surface area contributed by atoms with E-state index in [0.29, 0.717) is 11.8 Å². The molecule has 2 heterocycles. The summed E-state index contributed by atoms with van der Waals surface area (Å²) in [7, 11) is 2.02. The van der Waals surface area contributed by atoms with Crippen LogP contribution in [0.15, 0.2) is 59.1 Å². The SMILES string of the molecule is Cn1cc(-c2nnc(-c3ccc(C(C)(C)C)cc3)o2)c2ccccc21. The second kappa shape index (κ2) is 5.59. The van der Waals surface area contributed by atoms with Gasteiger partial charge in [0, 0.05) is 29.7 Å². The molecule has 25 heavy (non-hydrogen) atoms. The lowest BCUT2D eigenvalue weighted by Crippen LogP contribution is -2.10. The molecule has 4 nitrogen and oxygen atoms in total. The van der Waals surface area contributed by atoms with Crippen molar-refractivity contribution in [1.82, 2.24) is 14.8 Å². The fourth-order valence-corrected chi connectivity index (χ4v) is 3.07. The third-order valence-corrected chi connectivity index (χ3v) is 4.55. The standard InChI is InChI=1S/C21H21N3O/c1-21(2,3)15-11-9-14(10-12-15)19-22-23-20(25-19)17-13-24(4)18-8-6-5-7-16(17)18/h5-13H,1-4H3. The predicted octanol–water partition coefficient (Wildman–Crippen LogP) is 5.19. The Balaban J connectivity index is 1.73. The third-order valence-electron chi connectivity index (χ3n) is 4.55. The lowest BCUT2D eigenvalue weighted by atomic mass is 9.87. The molecule has 126 valence electrons. The lowest BCUT2D eigenvalue weighted by Gasteiger charge is -2.18. The van der Waals surface area contributed by atoms with E-state index in [9.17, 15) is 0 Å². The Morgan fingerprint density at radius 1 is 0.880 bits per heavy atom. The first-order valence-electron chi connectivity index (χ1n) is 8.42. The van der Waals surface area contributed by atoms with Crippen LogP contribution in [0.2, 0.25) is 0 Å². The minimum atomic E-state index is 0.126. The Bertz CT molecular complexity index is 1030. The number of aryl methyl sites for hydroxylation is 1. The van der Waals surface area contributed by atoms with Crippen molar-refractivity contribution in [1.29, 1.82) is 0 Å². The summed E-state index contributed by atoms with van der Waals surface area (Å²) < 4.78 is 8.04. The van der Waals surface area contributed by atoms with Crippen LogP contribution in [0.5, 0.6) is 0 Å². The van der Waals surface area contributed by atoms with E-state index >= 15 is 0 Å². The van der Waals surface area contributed by atoms with E-state index < -0.39 is 0 Å². The first-order chi connectivity index (χ1) is 11.9. The number of aromatic nitrogens is 3. The molecule has 0 N–H and O–H groups in total. The molecule has 4 heteroatoms. The van der Waals surface area contributed by atoms with Crippen LogP contribution in [-0.4, -0.2) is 14.8 Å². The zero-order valence-corrected chi connectivity index (χ0v) is 14.9. The summed E-state index contributed by atoms with van der Waals surface area (Å²) in [6.45, 7) is 6.61. The van der Waals surface area contributed by atoms with Gasteiger partial charge >= 0.3 is 0 Å². The third kappa shape index (κ3) is 2.74. The van der Waals surface area contributed by atoms with Crippen LogP contribution < -0.4 is 0 Å². The van der Waals surface area contributed by atoms with Crippen LogP contribution in [0.1, 0.15) is 26.3 Å². The molecule has 2 aromatic heterocycles. The van der Waals surface area contributed by atoms with Crippen molar-refractivity contribution in [2.45, 2.75) is 26.2 Å². The molecular weight excluding hydrogens is 310 g/mol. The average molecular weight is 331 g/mol. The van der Waals surface area contributed by atoms with E-state index in [0.717, 1.165) is 22.0 Å². The molecule has 0 aliphatic rings. The summed E-state index contributed by atoms with van der Waals surface area (Å²) in [5.74, 6) is 1.09. The van der Waals surface area contributed by atoms with Crippen molar-refractivity contribution in [2.75, 3.05) is 0 Å². The minimum absolute atomic E-state index is 0.126. The van der Waals surface area contributed by atoms with Gasteiger partial charge in [0.05, 0.1) is 5.56 Å². The van der Waals surface area contributed by atoms with Gasteiger partial charge in [-0.3, -0.25) is 0 Å². The van der Waals surface area contributed by atoms with Crippen molar-refractivity contribution < 1.29 is 4.42 Å². The van der Waals surface area contributed by atoms with Crippen LogP contribution in [0.4, 0.5) is 0 Å². The molecule has 0 aliphatic carbocycles. The summed E-state index contributed by atoms with van der Waals surface area (Å²) in [5.41, 5.74) is 4.45. The highest BCUT2D eigenvalue weighted by atomic mass is 16.4. The molecule has 0 spiro atoms. The molecule has 2 aromatic carbocycles. The summed E-state index contributed by atoms with van der Waals surface area (Å²) in [6.07, 6.45) is 2.03. The maximum Gasteiger partial charge on any atom is 0.250 e. The van der Waals surface area contributed by atoms with Crippen LogP contribution in [0, 0.1) is 0 Å². The van der Waals surface area contributed by atoms with Gasteiger partial charge in [0.1, 0.15) is 0 Å². The molecular formula is C21H21N3O. The molecule has 0 bridgehead atoms. The van der Waals surface area contributed by atoms with E-state index in [2.05, 4.69) is 59.8 Å². The summed E-state index contributed by atoms with van der Waals surface area (Å²) in [4.78, 5) is 0. The largest absolute Gasteiger partial charge is 0.416 e. The van der Waals surface area contributed by atoms with Gasteiger partial charge in [0.15, 0.2) is 0 Å². The topological polar surface area (TPSA) is 43.9 Å². The number of nitrogens with zero attached hydrogens (tertiary/aromatic N) is 3. The van der Waals surface area contributed by atoms with E-state index in [1.54, 1.807) is 0 Å². The number of para-hydroxylation sites is 1. The van der Waals surface area contributed by atoms with Crippen molar-refractivity contribution in [3.8, 4) is 22.9 Å². The summed E-state index contributed by atoms with van der Waals surface area (Å²) >= 11 is 0. The van der Waals surface area contributed by atoms with Gasteiger partial charge in [0.2, 0.25) is 11.8 Å². The highest BCUT2D eigenvalue weighted by Gasteiger charge is 2.17. The normalized spacial score (nSPS) is 12.0. The highest BCUT2D eigenvalue weighted by Crippen LogP contribution is 2.31. The summed E-state index contributed by atoms with van der Waals surface area (Å²) in [6, 6.07) is 16.5. The van der Waals surface area contributed by atoms with Crippen molar-refractivity contribution in [3.05, 3.63) is 60.3 Å². The van der Waals surface area contributed by atoms with Crippen LogP contribution in [0.3, 0.4) is 0 Å². The van der Waals surface area contributed by atoms with Crippen molar-refractivity contribution >= 4 is 10.9 Å².